The van der Waals surface area contributed by atoms with Gasteiger partial charge in [0.05, 0.1) is 23.3 Å². The van der Waals surface area contributed by atoms with E-state index in [0.717, 1.165) is 16.0 Å². The van der Waals surface area contributed by atoms with E-state index in [1.807, 2.05) is 57.2 Å². The summed E-state index contributed by atoms with van der Waals surface area (Å²) in [6.07, 6.45) is 3.20. The van der Waals surface area contributed by atoms with Crippen LogP contribution >= 0.6 is 0 Å². The fourth-order valence-electron chi connectivity index (χ4n) is 3.96. The molecule has 9 heteroatoms. The van der Waals surface area contributed by atoms with Crippen LogP contribution in [0.4, 0.5) is 4.79 Å². The van der Waals surface area contributed by atoms with Crippen molar-refractivity contribution in [1.82, 2.24) is 15.5 Å². The van der Waals surface area contributed by atoms with Crippen molar-refractivity contribution in [2.75, 3.05) is 6.54 Å². The Hall–Kier alpha value is -4.27. The monoisotopic (exact) mass is 492 g/mol. The van der Waals surface area contributed by atoms with Crippen molar-refractivity contribution in [3.63, 3.8) is 0 Å². The molecule has 9 nitrogen and oxygen atoms in total. The van der Waals surface area contributed by atoms with Gasteiger partial charge in [-0.2, -0.15) is 0 Å². The average molecular weight is 493 g/mol. The van der Waals surface area contributed by atoms with Crippen molar-refractivity contribution in [2.45, 2.75) is 39.5 Å². The number of hydrogen-bond donors (Lipinski definition) is 4. The zero-order valence-electron chi connectivity index (χ0n) is 20.6. The highest BCUT2D eigenvalue weighted by Gasteiger charge is 2.53. The SMILES string of the molecule is CC.CC(NC(=O)N1C(=O)[C@H](CC2=CCNC(N)=C2)C1Oc1ccc(C(=O)O)cc1)c1ccccc1. The number of nitrogens with two attached hydrogens (primary N) is 1. The molecule has 0 saturated carbocycles. The number of allylic oxidation sites excluding steroid dienone is 2. The number of hydrogen-bond acceptors (Lipinski definition) is 6. The van der Waals surface area contributed by atoms with E-state index in [1.54, 1.807) is 6.08 Å². The lowest BCUT2D eigenvalue weighted by atomic mass is 9.88. The third-order valence-electron chi connectivity index (χ3n) is 5.84. The number of likely N-dealkylation sites (tertiary alicyclic amines) is 1. The Labute approximate surface area is 210 Å². The molecule has 5 N–H and O–H groups in total. The Balaban J connectivity index is 0.00000176. The third-order valence-corrected chi connectivity index (χ3v) is 5.84. The maximum absolute atomic E-state index is 13.0. The van der Waals surface area contributed by atoms with E-state index in [9.17, 15) is 14.4 Å². The number of carboxylic acid groups (broad SMARTS) is 1. The maximum Gasteiger partial charge on any atom is 0.335 e. The highest BCUT2D eigenvalue weighted by atomic mass is 16.5. The van der Waals surface area contributed by atoms with E-state index in [-0.39, 0.29) is 17.5 Å². The average Bonchev–Trinajstić information content (AvgIpc) is 2.89. The molecular formula is C27H32N4O5. The van der Waals surface area contributed by atoms with E-state index in [1.165, 1.54) is 24.3 Å². The summed E-state index contributed by atoms with van der Waals surface area (Å²) in [6.45, 7) is 6.39. The Morgan fingerprint density at radius 3 is 2.44 bits per heavy atom. The largest absolute Gasteiger partial charge is 0.478 e. The molecule has 1 saturated heterocycles. The number of β-lactam (4-membered cyclic amide) rings is 1. The zero-order valence-corrected chi connectivity index (χ0v) is 20.6. The van der Waals surface area contributed by atoms with Crippen LogP contribution in [0.5, 0.6) is 5.75 Å². The number of nitrogens with zero attached hydrogens (tertiary/aromatic N) is 1. The molecule has 2 unspecified atom stereocenters. The van der Waals surface area contributed by atoms with E-state index in [2.05, 4.69) is 10.6 Å². The fourth-order valence-corrected chi connectivity index (χ4v) is 3.96. The summed E-state index contributed by atoms with van der Waals surface area (Å²) in [5.74, 6) is -1.13. The smallest absolute Gasteiger partial charge is 0.335 e. The Morgan fingerprint density at radius 2 is 1.83 bits per heavy atom. The number of amides is 3. The standard InChI is InChI=1S/C25H26N4O5.C2H6/c1-15(17-5-3-2-4-6-17)28-25(33)29-22(30)20(13-16-11-12-27-21(26)14-16)23(29)34-19-9-7-18(8-10-19)24(31)32;1-2/h2-11,14-15,20,23,27H,12-13,26H2,1H3,(H,28,33)(H,31,32);1-2H3/t15?,20-,23?;/m0./s1. The first-order valence-corrected chi connectivity index (χ1v) is 11.9. The molecule has 2 aliphatic rings. The number of dihydropyridines is 1. The summed E-state index contributed by atoms with van der Waals surface area (Å²) >= 11 is 0. The van der Waals surface area contributed by atoms with E-state index >= 15 is 0 Å². The second-order valence-corrected chi connectivity index (χ2v) is 8.20. The highest BCUT2D eigenvalue weighted by molar-refractivity contribution is 6.01. The van der Waals surface area contributed by atoms with E-state index in [0.29, 0.717) is 24.5 Å². The Bertz CT molecular complexity index is 1140. The summed E-state index contributed by atoms with van der Waals surface area (Å²) in [6, 6.07) is 14.4. The van der Waals surface area contributed by atoms with Crippen LogP contribution in [-0.4, -0.2) is 40.7 Å². The number of aromatic carboxylic acids is 1. The van der Waals surface area contributed by atoms with Crippen LogP contribution in [0.3, 0.4) is 0 Å². The van der Waals surface area contributed by atoms with Crippen LogP contribution in [0.2, 0.25) is 0 Å². The number of urea groups is 1. The van der Waals surface area contributed by atoms with Crippen molar-refractivity contribution < 1.29 is 24.2 Å². The predicted molar refractivity (Wildman–Crippen MR) is 136 cm³/mol. The van der Waals surface area contributed by atoms with Crippen LogP contribution in [0, 0.1) is 5.92 Å². The van der Waals surface area contributed by atoms with Gasteiger partial charge >= 0.3 is 12.0 Å². The molecule has 3 amide bonds. The summed E-state index contributed by atoms with van der Waals surface area (Å²) in [4.78, 5) is 38.3. The first kappa shape index (κ1) is 26.3. The first-order chi connectivity index (χ1) is 17.3. The quantitative estimate of drug-likeness (QED) is 0.432. The fraction of sp³-hybridized carbons (Fsp3) is 0.296. The van der Waals surface area contributed by atoms with E-state index < -0.39 is 24.1 Å². The molecule has 1 fully saturated rings. The van der Waals surface area contributed by atoms with Gasteiger partial charge in [-0.15, -0.1) is 0 Å². The van der Waals surface area contributed by atoms with Crippen molar-refractivity contribution in [3.8, 4) is 5.75 Å². The van der Waals surface area contributed by atoms with Gasteiger partial charge in [0.1, 0.15) is 5.75 Å². The Morgan fingerprint density at radius 1 is 1.17 bits per heavy atom. The summed E-state index contributed by atoms with van der Waals surface area (Å²) in [7, 11) is 0. The number of carboxylic acids is 1. The van der Waals surface area contributed by atoms with Crippen molar-refractivity contribution in [3.05, 3.63) is 89.3 Å². The molecule has 190 valence electrons. The molecule has 4 rings (SSSR count). The number of nitrogens with one attached hydrogen (secondary N) is 2. The third kappa shape index (κ3) is 6.04. The lowest BCUT2D eigenvalue weighted by Gasteiger charge is -2.45. The topological polar surface area (TPSA) is 134 Å². The molecular weight excluding hydrogens is 460 g/mol. The summed E-state index contributed by atoms with van der Waals surface area (Å²) in [5, 5.41) is 15.0. The van der Waals surface area contributed by atoms with Crippen LogP contribution in [0.25, 0.3) is 0 Å². The molecule has 0 aromatic heterocycles. The molecule has 0 aliphatic carbocycles. The van der Waals surface area contributed by atoms with Gasteiger partial charge < -0.3 is 26.2 Å². The molecule has 2 aromatic carbocycles. The number of rotatable bonds is 7. The summed E-state index contributed by atoms with van der Waals surface area (Å²) in [5.41, 5.74) is 7.74. The van der Waals surface area contributed by atoms with Crippen LogP contribution in [0.1, 0.15) is 49.2 Å². The summed E-state index contributed by atoms with van der Waals surface area (Å²) < 4.78 is 6.01. The second-order valence-electron chi connectivity index (χ2n) is 8.20. The molecule has 0 bridgehead atoms. The number of carbonyl (C=O) groups is 3. The van der Waals surface area contributed by atoms with Gasteiger partial charge in [-0.05, 0) is 54.8 Å². The predicted octanol–water partition coefficient (Wildman–Crippen LogP) is 3.76. The second kappa shape index (κ2) is 11.9. The van der Waals surface area contributed by atoms with Crippen LogP contribution < -0.4 is 21.1 Å². The van der Waals surface area contributed by atoms with Crippen molar-refractivity contribution >= 4 is 17.9 Å². The number of benzene rings is 2. The lowest BCUT2D eigenvalue weighted by Crippen LogP contribution is -2.67. The van der Waals surface area contributed by atoms with Gasteiger partial charge in [0.25, 0.3) is 0 Å². The van der Waals surface area contributed by atoms with Gasteiger partial charge in [-0.3, -0.25) is 4.79 Å². The molecule has 2 aromatic rings. The van der Waals surface area contributed by atoms with Crippen LogP contribution in [-0.2, 0) is 4.79 Å². The number of ether oxygens (including phenoxy) is 1. The minimum Gasteiger partial charge on any atom is -0.478 e. The van der Waals surface area contributed by atoms with Gasteiger partial charge in [0.2, 0.25) is 5.91 Å². The molecule has 3 atom stereocenters. The normalized spacial score (nSPS) is 19.3. The highest BCUT2D eigenvalue weighted by Crippen LogP contribution is 2.35. The van der Waals surface area contributed by atoms with Gasteiger partial charge in [0.15, 0.2) is 6.23 Å². The van der Waals surface area contributed by atoms with Crippen molar-refractivity contribution in [1.29, 1.82) is 0 Å². The maximum atomic E-state index is 13.0. The minimum atomic E-state index is -1.05. The van der Waals surface area contributed by atoms with Gasteiger partial charge in [0, 0.05) is 6.54 Å². The van der Waals surface area contributed by atoms with Crippen molar-refractivity contribution in [2.24, 2.45) is 11.7 Å². The van der Waals surface area contributed by atoms with Gasteiger partial charge in [-0.25, -0.2) is 14.5 Å². The molecule has 2 aliphatic heterocycles. The van der Waals surface area contributed by atoms with E-state index in [4.69, 9.17) is 15.6 Å². The molecule has 2 heterocycles. The molecule has 0 radical (unpaired) electrons. The molecule has 0 spiro atoms. The minimum absolute atomic E-state index is 0.111. The first-order valence-electron chi connectivity index (χ1n) is 11.9. The Kier molecular flexibility index (Phi) is 8.72. The molecule has 36 heavy (non-hydrogen) atoms. The van der Waals surface area contributed by atoms with Gasteiger partial charge in [-0.1, -0.05) is 50.3 Å². The zero-order chi connectivity index (χ0) is 26.2. The number of imide groups is 1. The lowest BCUT2D eigenvalue weighted by molar-refractivity contribution is -0.166. The van der Waals surface area contributed by atoms with Crippen LogP contribution in [0.15, 0.2) is 78.1 Å². The number of carbonyl (C=O) groups excluding carboxylic acids is 2.